The molecule has 0 aliphatic carbocycles. The number of hydrogen-bond donors (Lipinski definition) is 2. The van der Waals surface area contributed by atoms with Crippen molar-refractivity contribution in [1.29, 1.82) is 0 Å². The molecule has 1 aliphatic rings. The monoisotopic (exact) mass is 379 g/mol. The van der Waals surface area contributed by atoms with Crippen LogP contribution in [0.2, 0.25) is 0 Å². The highest BCUT2D eigenvalue weighted by molar-refractivity contribution is 7.99. The van der Waals surface area contributed by atoms with Gasteiger partial charge >= 0.3 is 0 Å². The van der Waals surface area contributed by atoms with Crippen molar-refractivity contribution in [3.8, 4) is 0 Å². The molecule has 8 heteroatoms. The second-order valence-corrected chi connectivity index (χ2v) is 9.03. The lowest BCUT2D eigenvalue weighted by Gasteiger charge is -2.24. The van der Waals surface area contributed by atoms with Crippen molar-refractivity contribution in [2.24, 2.45) is 0 Å². The molecule has 1 amide bonds. The molecule has 134 valence electrons. The molecule has 2 aromatic rings. The molecule has 6 nitrogen and oxygen atoms in total. The van der Waals surface area contributed by atoms with Gasteiger partial charge in [0, 0.05) is 30.8 Å². The van der Waals surface area contributed by atoms with Gasteiger partial charge in [-0.25, -0.2) is 8.42 Å². The first kappa shape index (κ1) is 18.0. The Labute approximate surface area is 152 Å². The fourth-order valence-electron chi connectivity index (χ4n) is 2.69. The Morgan fingerprint density at radius 1 is 1.24 bits per heavy atom. The van der Waals surface area contributed by atoms with Crippen LogP contribution in [0.25, 0.3) is 0 Å². The van der Waals surface area contributed by atoms with Crippen molar-refractivity contribution in [1.82, 2.24) is 14.6 Å². The smallest absolute Gasteiger partial charge is 0.268 e. The molecule has 0 bridgehead atoms. The molecule has 0 radical (unpaired) electrons. The Kier molecular flexibility index (Phi) is 5.51. The third kappa shape index (κ3) is 4.08. The van der Waals surface area contributed by atoms with Gasteiger partial charge in [0.1, 0.15) is 10.6 Å². The predicted octanol–water partition coefficient (Wildman–Crippen LogP) is 2.24. The maximum absolute atomic E-state index is 12.6. The summed E-state index contributed by atoms with van der Waals surface area (Å²) >= 11 is 1.75. The van der Waals surface area contributed by atoms with Gasteiger partial charge < -0.3 is 10.3 Å². The van der Waals surface area contributed by atoms with E-state index in [4.69, 9.17) is 0 Å². The van der Waals surface area contributed by atoms with Crippen molar-refractivity contribution < 1.29 is 13.2 Å². The summed E-state index contributed by atoms with van der Waals surface area (Å²) in [6, 6.07) is 10.8. The summed E-state index contributed by atoms with van der Waals surface area (Å²) in [6.07, 6.45) is 1.39. The average molecular weight is 380 g/mol. The minimum Gasteiger partial charge on any atom is -0.356 e. The first-order chi connectivity index (χ1) is 12.0. The maximum atomic E-state index is 12.6. The fraction of sp³-hybridized carbons (Fsp3) is 0.353. The highest BCUT2D eigenvalue weighted by atomic mass is 32.2. The van der Waals surface area contributed by atoms with E-state index in [2.05, 4.69) is 10.3 Å². The van der Waals surface area contributed by atoms with Gasteiger partial charge in [0.05, 0.1) is 6.04 Å². The third-order valence-corrected chi connectivity index (χ3v) is 6.98. The van der Waals surface area contributed by atoms with Crippen molar-refractivity contribution in [3.05, 3.63) is 53.9 Å². The van der Waals surface area contributed by atoms with Crippen molar-refractivity contribution in [2.75, 3.05) is 24.6 Å². The van der Waals surface area contributed by atoms with Crippen LogP contribution in [-0.2, 0) is 10.0 Å². The number of thioether (sulfide) groups is 1. The van der Waals surface area contributed by atoms with Crippen LogP contribution in [-0.4, -0.2) is 48.2 Å². The van der Waals surface area contributed by atoms with Crippen LogP contribution in [0.1, 0.15) is 29.0 Å². The van der Waals surface area contributed by atoms with Gasteiger partial charge in [-0.3, -0.25) is 4.79 Å². The first-order valence-electron chi connectivity index (χ1n) is 8.10. The minimum absolute atomic E-state index is 0.136. The largest absolute Gasteiger partial charge is 0.356 e. The van der Waals surface area contributed by atoms with Crippen LogP contribution in [0.4, 0.5) is 0 Å². The van der Waals surface area contributed by atoms with Gasteiger partial charge in [-0.05, 0) is 18.6 Å². The Hall–Kier alpha value is -1.77. The Morgan fingerprint density at radius 2 is 1.92 bits per heavy atom. The summed E-state index contributed by atoms with van der Waals surface area (Å²) in [7, 11) is -3.55. The third-order valence-electron chi connectivity index (χ3n) is 4.16. The molecule has 1 fully saturated rings. The number of H-pyrrole nitrogens is 1. The summed E-state index contributed by atoms with van der Waals surface area (Å²) in [5.41, 5.74) is 1.23. The fourth-order valence-corrected chi connectivity index (χ4v) is 5.26. The van der Waals surface area contributed by atoms with Crippen LogP contribution < -0.4 is 5.32 Å². The van der Waals surface area contributed by atoms with E-state index in [-0.39, 0.29) is 22.5 Å². The minimum atomic E-state index is -3.55. The summed E-state index contributed by atoms with van der Waals surface area (Å²) in [4.78, 5) is 15.3. The molecule has 3 rings (SSSR count). The zero-order valence-corrected chi connectivity index (χ0v) is 15.6. The van der Waals surface area contributed by atoms with E-state index in [0.29, 0.717) is 13.1 Å². The van der Waals surface area contributed by atoms with E-state index < -0.39 is 10.0 Å². The molecule has 1 saturated heterocycles. The summed E-state index contributed by atoms with van der Waals surface area (Å²) in [5.74, 6) is 1.27. The Balaban J connectivity index is 1.71. The lowest BCUT2D eigenvalue weighted by atomic mass is 10.1. The quantitative estimate of drug-likeness (QED) is 0.835. The highest BCUT2D eigenvalue weighted by Gasteiger charge is 2.28. The molecule has 2 N–H and O–H groups in total. The van der Waals surface area contributed by atoms with E-state index in [9.17, 15) is 13.2 Å². The molecule has 25 heavy (non-hydrogen) atoms. The number of aromatic nitrogens is 1. The Morgan fingerprint density at radius 3 is 2.60 bits per heavy atom. The van der Waals surface area contributed by atoms with E-state index >= 15 is 0 Å². The van der Waals surface area contributed by atoms with Crippen LogP contribution in [0.5, 0.6) is 0 Å². The second kappa shape index (κ2) is 7.63. The van der Waals surface area contributed by atoms with Gasteiger partial charge in [-0.2, -0.15) is 16.1 Å². The number of aromatic amines is 1. The number of nitrogens with one attached hydrogen (secondary N) is 2. The van der Waals surface area contributed by atoms with E-state index in [1.807, 2.05) is 37.3 Å². The van der Waals surface area contributed by atoms with Crippen LogP contribution in [0.3, 0.4) is 0 Å². The molecule has 0 spiro atoms. The molecule has 1 aliphatic heterocycles. The molecule has 2 heterocycles. The summed E-state index contributed by atoms with van der Waals surface area (Å²) in [5, 5.41) is 2.87. The molecule has 1 aromatic heterocycles. The number of carbonyl (C=O) groups excluding carboxylic acids is 1. The standard InChI is InChI=1S/C17H21N3O3S2/c1-13(14-5-3-2-4-6-14)19-17(21)16-11-15(12-18-16)25(22,23)20-7-9-24-10-8-20/h2-6,11-13,18H,7-10H2,1H3,(H,19,21)/t13-/m0/s1. The first-order valence-corrected chi connectivity index (χ1v) is 10.7. The van der Waals surface area contributed by atoms with Crippen LogP contribution in [0.15, 0.2) is 47.5 Å². The van der Waals surface area contributed by atoms with Crippen molar-refractivity contribution >= 4 is 27.7 Å². The van der Waals surface area contributed by atoms with Gasteiger partial charge in [0.25, 0.3) is 5.91 Å². The summed E-state index contributed by atoms with van der Waals surface area (Å²) in [6.45, 7) is 2.90. The number of amides is 1. The maximum Gasteiger partial charge on any atom is 0.268 e. The van der Waals surface area contributed by atoms with E-state index in [1.165, 1.54) is 16.6 Å². The topological polar surface area (TPSA) is 82.3 Å². The van der Waals surface area contributed by atoms with Crippen LogP contribution in [0, 0.1) is 0 Å². The summed E-state index contributed by atoms with van der Waals surface area (Å²) < 4.78 is 26.7. The molecular weight excluding hydrogens is 358 g/mol. The molecule has 0 saturated carbocycles. The van der Waals surface area contributed by atoms with E-state index in [0.717, 1.165) is 17.1 Å². The number of hydrogen-bond acceptors (Lipinski definition) is 4. The van der Waals surface area contributed by atoms with Crippen LogP contribution >= 0.6 is 11.8 Å². The number of nitrogens with zero attached hydrogens (tertiary/aromatic N) is 1. The zero-order chi connectivity index (χ0) is 17.9. The molecule has 1 aromatic carbocycles. The molecule has 0 unspecified atom stereocenters. The molecular formula is C17H21N3O3S2. The predicted molar refractivity (Wildman–Crippen MR) is 99.2 cm³/mol. The lowest BCUT2D eigenvalue weighted by Crippen LogP contribution is -2.37. The van der Waals surface area contributed by atoms with Crippen molar-refractivity contribution in [2.45, 2.75) is 17.9 Å². The number of sulfonamides is 1. The van der Waals surface area contributed by atoms with Gasteiger partial charge in [0.2, 0.25) is 10.0 Å². The lowest BCUT2D eigenvalue weighted by molar-refractivity contribution is 0.0935. The van der Waals surface area contributed by atoms with E-state index in [1.54, 1.807) is 11.8 Å². The van der Waals surface area contributed by atoms with Crippen molar-refractivity contribution in [3.63, 3.8) is 0 Å². The number of benzene rings is 1. The number of carbonyl (C=O) groups is 1. The second-order valence-electron chi connectivity index (χ2n) is 5.87. The molecule has 1 atom stereocenters. The average Bonchev–Trinajstić information content (AvgIpc) is 3.14. The zero-order valence-electron chi connectivity index (χ0n) is 13.9. The van der Waals surface area contributed by atoms with Gasteiger partial charge in [-0.1, -0.05) is 30.3 Å². The Bertz CT molecular complexity index is 828. The SMILES string of the molecule is C[C@H](NC(=O)c1cc(S(=O)(=O)N2CCSCC2)c[nH]1)c1ccccc1. The number of rotatable bonds is 5. The normalized spacial score (nSPS) is 17.2. The highest BCUT2D eigenvalue weighted by Crippen LogP contribution is 2.21. The van der Waals surface area contributed by atoms with Gasteiger partial charge in [0.15, 0.2) is 0 Å². The van der Waals surface area contributed by atoms with Gasteiger partial charge in [-0.15, -0.1) is 0 Å².